The lowest BCUT2D eigenvalue weighted by Crippen LogP contribution is -2.46. The topological polar surface area (TPSA) is 53.6 Å². The van der Waals surface area contributed by atoms with Gasteiger partial charge >= 0.3 is 6.09 Å². The standard InChI is InChI=1S/C18H35N3O2/c1-14(11-16-8-5-9-19-16)20-12-15-7-6-10-21(13-15)17(22)23-18(2,3)4/h14-16,19-20H,5-13H2,1-4H3. The van der Waals surface area contributed by atoms with E-state index in [1.165, 1.54) is 32.2 Å². The summed E-state index contributed by atoms with van der Waals surface area (Å²) in [5.41, 5.74) is -0.412. The highest BCUT2D eigenvalue weighted by Crippen LogP contribution is 2.19. The third kappa shape index (κ3) is 6.68. The van der Waals surface area contributed by atoms with Gasteiger partial charge in [0.05, 0.1) is 0 Å². The lowest BCUT2D eigenvalue weighted by atomic mass is 9.97. The molecule has 3 unspecified atom stereocenters. The van der Waals surface area contributed by atoms with Gasteiger partial charge in [0, 0.05) is 25.2 Å². The van der Waals surface area contributed by atoms with E-state index < -0.39 is 5.60 Å². The van der Waals surface area contributed by atoms with Gasteiger partial charge in [-0.3, -0.25) is 0 Å². The van der Waals surface area contributed by atoms with Crippen LogP contribution in [0, 0.1) is 5.92 Å². The van der Waals surface area contributed by atoms with Gasteiger partial charge in [-0.05, 0) is 78.8 Å². The first-order valence-electron chi connectivity index (χ1n) is 9.28. The van der Waals surface area contributed by atoms with Crippen LogP contribution in [-0.4, -0.2) is 54.9 Å². The molecule has 0 aliphatic carbocycles. The Morgan fingerprint density at radius 1 is 1.35 bits per heavy atom. The molecule has 0 spiro atoms. The molecule has 0 radical (unpaired) electrons. The molecule has 1 amide bonds. The van der Waals surface area contributed by atoms with Gasteiger partial charge in [0.2, 0.25) is 0 Å². The van der Waals surface area contributed by atoms with Gasteiger partial charge in [-0.15, -0.1) is 0 Å². The summed E-state index contributed by atoms with van der Waals surface area (Å²) in [5, 5.41) is 7.23. The summed E-state index contributed by atoms with van der Waals surface area (Å²) in [5.74, 6) is 0.537. The van der Waals surface area contributed by atoms with Crippen LogP contribution in [0.2, 0.25) is 0 Å². The summed E-state index contributed by atoms with van der Waals surface area (Å²) < 4.78 is 5.50. The number of nitrogens with one attached hydrogen (secondary N) is 2. The summed E-state index contributed by atoms with van der Waals surface area (Å²) in [6.07, 6.45) is 5.92. The van der Waals surface area contributed by atoms with Gasteiger partial charge in [-0.2, -0.15) is 0 Å². The van der Waals surface area contributed by atoms with E-state index >= 15 is 0 Å². The molecule has 2 aliphatic heterocycles. The van der Waals surface area contributed by atoms with E-state index in [9.17, 15) is 4.79 Å². The van der Waals surface area contributed by atoms with Crippen LogP contribution in [0.4, 0.5) is 4.79 Å². The fraction of sp³-hybridized carbons (Fsp3) is 0.944. The zero-order valence-corrected chi connectivity index (χ0v) is 15.4. The second kappa shape index (κ2) is 8.34. The van der Waals surface area contributed by atoms with Crippen molar-refractivity contribution in [3.8, 4) is 0 Å². The van der Waals surface area contributed by atoms with Crippen molar-refractivity contribution >= 4 is 6.09 Å². The van der Waals surface area contributed by atoms with Crippen LogP contribution in [0.1, 0.15) is 59.8 Å². The molecule has 2 heterocycles. The number of hydrogen-bond acceptors (Lipinski definition) is 4. The molecule has 2 saturated heterocycles. The third-order valence-electron chi connectivity index (χ3n) is 4.73. The molecule has 2 rings (SSSR count). The Morgan fingerprint density at radius 3 is 2.78 bits per heavy atom. The molecule has 0 aromatic heterocycles. The van der Waals surface area contributed by atoms with E-state index in [-0.39, 0.29) is 6.09 Å². The molecular weight excluding hydrogens is 290 g/mol. The van der Waals surface area contributed by atoms with Crippen LogP contribution in [0.3, 0.4) is 0 Å². The Labute approximate surface area is 141 Å². The van der Waals surface area contributed by atoms with Gasteiger partial charge in [-0.1, -0.05) is 0 Å². The zero-order valence-electron chi connectivity index (χ0n) is 15.4. The molecule has 5 heteroatoms. The Kier molecular flexibility index (Phi) is 6.72. The maximum absolute atomic E-state index is 12.2. The maximum Gasteiger partial charge on any atom is 0.410 e. The minimum absolute atomic E-state index is 0.162. The normalized spacial score (nSPS) is 27.0. The molecular formula is C18H35N3O2. The highest BCUT2D eigenvalue weighted by Gasteiger charge is 2.27. The highest BCUT2D eigenvalue weighted by molar-refractivity contribution is 5.68. The van der Waals surface area contributed by atoms with Crippen LogP contribution in [0.15, 0.2) is 0 Å². The number of carbonyl (C=O) groups excluding carboxylic acids is 1. The monoisotopic (exact) mass is 325 g/mol. The van der Waals surface area contributed by atoms with Crippen molar-refractivity contribution in [2.45, 2.75) is 77.5 Å². The quantitative estimate of drug-likeness (QED) is 0.816. The van der Waals surface area contributed by atoms with Crippen molar-refractivity contribution in [1.29, 1.82) is 0 Å². The molecule has 3 atom stereocenters. The summed E-state index contributed by atoms with van der Waals surface area (Å²) in [6.45, 7) is 11.8. The molecule has 0 aromatic rings. The molecule has 2 aliphatic rings. The van der Waals surface area contributed by atoms with Crippen LogP contribution in [-0.2, 0) is 4.74 Å². The number of nitrogens with zero attached hydrogens (tertiary/aromatic N) is 1. The smallest absolute Gasteiger partial charge is 0.410 e. The van der Waals surface area contributed by atoms with E-state index in [2.05, 4.69) is 17.6 Å². The molecule has 0 saturated carbocycles. The highest BCUT2D eigenvalue weighted by atomic mass is 16.6. The van der Waals surface area contributed by atoms with E-state index in [0.717, 1.165) is 26.1 Å². The molecule has 2 N–H and O–H groups in total. The number of ether oxygens (including phenoxy) is 1. The fourth-order valence-corrected chi connectivity index (χ4v) is 3.56. The van der Waals surface area contributed by atoms with E-state index in [1.807, 2.05) is 25.7 Å². The first kappa shape index (κ1) is 18.5. The van der Waals surface area contributed by atoms with Gasteiger partial charge in [0.1, 0.15) is 5.60 Å². The second-order valence-electron chi connectivity index (χ2n) is 8.27. The number of amides is 1. The molecule has 23 heavy (non-hydrogen) atoms. The first-order chi connectivity index (χ1) is 10.8. The number of piperidine rings is 1. The lowest BCUT2D eigenvalue weighted by molar-refractivity contribution is 0.0165. The van der Waals surface area contributed by atoms with Gasteiger partial charge in [0.25, 0.3) is 0 Å². The maximum atomic E-state index is 12.2. The van der Waals surface area contributed by atoms with Crippen molar-refractivity contribution in [1.82, 2.24) is 15.5 Å². The van der Waals surface area contributed by atoms with E-state index in [4.69, 9.17) is 4.74 Å². The molecule has 0 aromatic carbocycles. The van der Waals surface area contributed by atoms with Crippen LogP contribution >= 0.6 is 0 Å². The minimum atomic E-state index is -0.412. The molecule has 134 valence electrons. The third-order valence-corrected chi connectivity index (χ3v) is 4.73. The summed E-state index contributed by atoms with van der Waals surface area (Å²) in [6, 6.07) is 1.21. The van der Waals surface area contributed by atoms with Crippen LogP contribution in [0.5, 0.6) is 0 Å². The Hall–Kier alpha value is -0.810. The number of hydrogen-bond donors (Lipinski definition) is 2. The van der Waals surface area contributed by atoms with Crippen molar-refractivity contribution in [3.63, 3.8) is 0 Å². The summed E-state index contributed by atoms with van der Waals surface area (Å²) in [4.78, 5) is 14.1. The Balaban J connectivity index is 1.69. The minimum Gasteiger partial charge on any atom is -0.444 e. The van der Waals surface area contributed by atoms with Crippen molar-refractivity contribution in [2.75, 3.05) is 26.2 Å². The molecule has 2 fully saturated rings. The average molecular weight is 325 g/mol. The first-order valence-corrected chi connectivity index (χ1v) is 9.28. The van der Waals surface area contributed by atoms with Crippen molar-refractivity contribution < 1.29 is 9.53 Å². The Bertz CT molecular complexity index is 375. The van der Waals surface area contributed by atoms with Crippen LogP contribution in [0.25, 0.3) is 0 Å². The summed E-state index contributed by atoms with van der Waals surface area (Å²) in [7, 11) is 0. The number of rotatable bonds is 5. The van der Waals surface area contributed by atoms with Crippen LogP contribution < -0.4 is 10.6 Å². The average Bonchev–Trinajstić information content (AvgIpc) is 2.96. The van der Waals surface area contributed by atoms with E-state index in [1.54, 1.807) is 0 Å². The largest absolute Gasteiger partial charge is 0.444 e. The van der Waals surface area contributed by atoms with Gasteiger partial charge in [-0.25, -0.2) is 4.79 Å². The summed E-state index contributed by atoms with van der Waals surface area (Å²) >= 11 is 0. The van der Waals surface area contributed by atoms with Gasteiger partial charge in [0.15, 0.2) is 0 Å². The van der Waals surface area contributed by atoms with E-state index in [0.29, 0.717) is 18.0 Å². The number of likely N-dealkylation sites (tertiary alicyclic amines) is 1. The van der Waals surface area contributed by atoms with Crippen molar-refractivity contribution in [2.24, 2.45) is 5.92 Å². The second-order valence-corrected chi connectivity index (χ2v) is 8.27. The van der Waals surface area contributed by atoms with Crippen molar-refractivity contribution in [3.05, 3.63) is 0 Å². The molecule has 5 nitrogen and oxygen atoms in total. The Morgan fingerprint density at radius 2 is 2.13 bits per heavy atom. The SMILES string of the molecule is CC(CC1CCCN1)NCC1CCCN(C(=O)OC(C)(C)C)C1. The van der Waals surface area contributed by atoms with Gasteiger partial charge < -0.3 is 20.3 Å². The number of carbonyl (C=O) groups is 1. The zero-order chi connectivity index (χ0) is 16.9. The fourth-order valence-electron chi connectivity index (χ4n) is 3.56. The lowest BCUT2D eigenvalue weighted by Gasteiger charge is -2.34. The predicted octanol–water partition coefficient (Wildman–Crippen LogP) is 2.75. The predicted molar refractivity (Wildman–Crippen MR) is 93.6 cm³/mol. The molecule has 0 bridgehead atoms.